The summed E-state index contributed by atoms with van der Waals surface area (Å²) in [4.78, 5) is 15.3. The standard InChI is InChI=1S/C11H23N3O/c1-4-14(11(15)13(2)3)9-10-7-5-6-8-12-10/h10,12H,4-9H2,1-3H3. The predicted octanol–water partition coefficient (Wildman–Crippen LogP) is 1.13. The quantitative estimate of drug-likeness (QED) is 0.763. The molecule has 0 aromatic rings. The maximum atomic E-state index is 11.8. The third-order valence-corrected chi connectivity index (χ3v) is 2.89. The molecule has 1 aliphatic heterocycles. The third kappa shape index (κ3) is 3.70. The Kier molecular flexibility index (Phi) is 4.88. The van der Waals surface area contributed by atoms with E-state index >= 15 is 0 Å². The number of urea groups is 1. The van der Waals surface area contributed by atoms with Crippen LogP contribution in [0.25, 0.3) is 0 Å². The van der Waals surface area contributed by atoms with Crippen LogP contribution >= 0.6 is 0 Å². The lowest BCUT2D eigenvalue weighted by Crippen LogP contribution is -2.48. The zero-order valence-electron chi connectivity index (χ0n) is 10.1. The van der Waals surface area contributed by atoms with Gasteiger partial charge in [-0.05, 0) is 26.3 Å². The molecule has 2 amide bonds. The van der Waals surface area contributed by atoms with E-state index in [1.165, 1.54) is 19.3 Å². The van der Waals surface area contributed by atoms with Gasteiger partial charge in [-0.1, -0.05) is 6.42 Å². The van der Waals surface area contributed by atoms with Crippen molar-refractivity contribution in [3.63, 3.8) is 0 Å². The van der Waals surface area contributed by atoms with Crippen molar-refractivity contribution in [1.82, 2.24) is 15.1 Å². The molecule has 1 heterocycles. The van der Waals surface area contributed by atoms with E-state index in [9.17, 15) is 4.79 Å². The molecule has 0 bridgehead atoms. The summed E-state index contributed by atoms with van der Waals surface area (Å²) < 4.78 is 0. The fourth-order valence-electron chi connectivity index (χ4n) is 1.97. The molecule has 15 heavy (non-hydrogen) atoms. The predicted molar refractivity (Wildman–Crippen MR) is 62.0 cm³/mol. The Bertz CT molecular complexity index is 200. The molecule has 1 N–H and O–H groups in total. The minimum Gasteiger partial charge on any atom is -0.331 e. The van der Waals surface area contributed by atoms with Gasteiger partial charge in [-0.3, -0.25) is 0 Å². The van der Waals surface area contributed by atoms with Crippen molar-refractivity contribution in [2.75, 3.05) is 33.7 Å². The lowest BCUT2D eigenvalue weighted by atomic mass is 10.0. The minimum atomic E-state index is 0.116. The molecule has 1 saturated heterocycles. The molecule has 0 spiro atoms. The van der Waals surface area contributed by atoms with Crippen LogP contribution in [0.15, 0.2) is 0 Å². The second kappa shape index (κ2) is 5.95. The summed E-state index contributed by atoms with van der Waals surface area (Å²) in [5.41, 5.74) is 0. The van der Waals surface area contributed by atoms with Crippen molar-refractivity contribution in [2.45, 2.75) is 32.2 Å². The smallest absolute Gasteiger partial charge is 0.319 e. The van der Waals surface area contributed by atoms with Gasteiger partial charge in [0.05, 0.1) is 0 Å². The molecule has 1 fully saturated rings. The van der Waals surface area contributed by atoms with E-state index in [4.69, 9.17) is 0 Å². The first kappa shape index (κ1) is 12.3. The number of carbonyl (C=O) groups excluding carboxylic acids is 1. The molecule has 0 aromatic heterocycles. The summed E-state index contributed by atoms with van der Waals surface area (Å²) in [6.45, 7) is 4.76. The lowest BCUT2D eigenvalue weighted by Gasteiger charge is -2.31. The summed E-state index contributed by atoms with van der Waals surface area (Å²) >= 11 is 0. The monoisotopic (exact) mass is 213 g/mol. The number of carbonyl (C=O) groups is 1. The zero-order valence-corrected chi connectivity index (χ0v) is 10.1. The van der Waals surface area contributed by atoms with Crippen LogP contribution < -0.4 is 5.32 Å². The van der Waals surface area contributed by atoms with Crippen LogP contribution in [0.1, 0.15) is 26.2 Å². The average Bonchev–Trinajstić information content (AvgIpc) is 2.26. The molecule has 4 heteroatoms. The molecular formula is C11H23N3O. The molecule has 0 saturated carbocycles. The van der Waals surface area contributed by atoms with Crippen molar-refractivity contribution < 1.29 is 4.79 Å². The molecule has 1 atom stereocenters. The minimum absolute atomic E-state index is 0.116. The van der Waals surface area contributed by atoms with Crippen LogP contribution in [0.4, 0.5) is 4.79 Å². The van der Waals surface area contributed by atoms with Gasteiger partial charge in [0, 0.05) is 33.2 Å². The second-order valence-corrected chi connectivity index (χ2v) is 4.36. The Balaban J connectivity index is 2.41. The van der Waals surface area contributed by atoms with Crippen molar-refractivity contribution in [2.24, 2.45) is 0 Å². The Hall–Kier alpha value is -0.770. The molecule has 88 valence electrons. The average molecular weight is 213 g/mol. The van der Waals surface area contributed by atoms with Gasteiger partial charge in [0.15, 0.2) is 0 Å². The highest BCUT2D eigenvalue weighted by molar-refractivity contribution is 5.73. The summed E-state index contributed by atoms with van der Waals surface area (Å²) in [6.07, 6.45) is 3.74. The first-order valence-electron chi connectivity index (χ1n) is 5.84. The maximum absolute atomic E-state index is 11.8. The zero-order chi connectivity index (χ0) is 11.3. The normalized spacial score (nSPS) is 21.1. The van der Waals surface area contributed by atoms with Gasteiger partial charge >= 0.3 is 6.03 Å². The number of nitrogens with one attached hydrogen (secondary N) is 1. The van der Waals surface area contributed by atoms with E-state index in [0.29, 0.717) is 6.04 Å². The van der Waals surface area contributed by atoms with E-state index in [1.807, 2.05) is 11.8 Å². The van der Waals surface area contributed by atoms with Gasteiger partial charge in [0.2, 0.25) is 0 Å². The van der Waals surface area contributed by atoms with E-state index in [2.05, 4.69) is 5.32 Å². The SMILES string of the molecule is CCN(CC1CCCCN1)C(=O)N(C)C. The number of rotatable bonds is 3. The summed E-state index contributed by atoms with van der Waals surface area (Å²) in [6, 6.07) is 0.604. The van der Waals surface area contributed by atoms with Gasteiger partial charge in [-0.25, -0.2) is 4.79 Å². The Morgan fingerprint density at radius 2 is 2.13 bits per heavy atom. The Morgan fingerprint density at radius 3 is 2.60 bits per heavy atom. The first-order valence-corrected chi connectivity index (χ1v) is 5.84. The fraction of sp³-hybridized carbons (Fsp3) is 0.909. The van der Waals surface area contributed by atoms with Crippen molar-refractivity contribution in [1.29, 1.82) is 0 Å². The number of nitrogens with zero attached hydrogens (tertiary/aromatic N) is 2. The van der Waals surface area contributed by atoms with Crippen LogP contribution in [-0.4, -0.2) is 55.6 Å². The summed E-state index contributed by atoms with van der Waals surface area (Å²) in [7, 11) is 3.61. The van der Waals surface area contributed by atoms with E-state index < -0.39 is 0 Å². The highest BCUT2D eigenvalue weighted by Gasteiger charge is 2.19. The molecule has 0 aromatic carbocycles. The van der Waals surface area contributed by atoms with Gasteiger partial charge < -0.3 is 15.1 Å². The number of hydrogen-bond donors (Lipinski definition) is 1. The molecule has 1 unspecified atom stereocenters. The van der Waals surface area contributed by atoms with Crippen LogP contribution in [-0.2, 0) is 0 Å². The topological polar surface area (TPSA) is 35.6 Å². The maximum Gasteiger partial charge on any atom is 0.319 e. The number of amides is 2. The molecule has 0 aliphatic carbocycles. The van der Waals surface area contributed by atoms with Gasteiger partial charge in [0.25, 0.3) is 0 Å². The molecule has 4 nitrogen and oxygen atoms in total. The van der Waals surface area contributed by atoms with Gasteiger partial charge in [-0.2, -0.15) is 0 Å². The van der Waals surface area contributed by atoms with Crippen LogP contribution in [0, 0.1) is 0 Å². The highest BCUT2D eigenvalue weighted by atomic mass is 16.2. The summed E-state index contributed by atoms with van der Waals surface area (Å²) in [5, 5.41) is 3.47. The van der Waals surface area contributed by atoms with Gasteiger partial charge in [0.1, 0.15) is 0 Å². The molecule has 0 radical (unpaired) electrons. The highest BCUT2D eigenvalue weighted by Crippen LogP contribution is 2.09. The van der Waals surface area contributed by atoms with Crippen LogP contribution in [0.5, 0.6) is 0 Å². The Morgan fingerprint density at radius 1 is 1.40 bits per heavy atom. The fourth-order valence-corrected chi connectivity index (χ4v) is 1.97. The van der Waals surface area contributed by atoms with E-state index in [-0.39, 0.29) is 6.03 Å². The number of likely N-dealkylation sites (N-methyl/N-ethyl adjacent to an activating group) is 1. The van der Waals surface area contributed by atoms with Crippen molar-refractivity contribution >= 4 is 6.03 Å². The van der Waals surface area contributed by atoms with Crippen molar-refractivity contribution in [3.8, 4) is 0 Å². The van der Waals surface area contributed by atoms with E-state index in [0.717, 1.165) is 19.6 Å². The summed E-state index contributed by atoms with van der Waals surface area (Å²) in [5.74, 6) is 0. The van der Waals surface area contributed by atoms with Gasteiger partial charge in [-0.15, -0.1) is 0 Å². The van der Waals surface area contributed by atoms with Crippen molar-refractivity contribution in [3.05, 3.63) is 0 Å². The lowest BCUT2D eigenvalue weighted by molar-refractivity contribution is 0.164. The van der Waals surface area contributed by atoms with Crippen LogP contribution in [0.3, 0.4) is 0 Å². The van der Waals surface area contributed by atoms with Crippen LogP contribution in [0.2, 0.25) is 0 Å². The number of hydrogen-bond acceptors (Lipinski definition) is 2. The molecular weight excluding hydrogens is 190 g/mol. The largest absolute Gasteiger partial charge is 0.331 e. The molecule has 1 rings (SSSR count). The Labute approximate surface area is 92.6 Å². The number of piperidine rings is 1. The second-order valence-electron chi connectivity index (χ2n) is 4.36. The first-order chi connectivity index (χ1) is 7.15. The molecule has 1 aliphatic rings. The van der Waals surface area contributed by atoms with E-state index in [1.54, 1.807) is 19.0 Å². The third-order valence-electron chi connectivity index (χ3n) is 2.89.